The Labute approximate surface area is 84.6 Å². The van der Waals surface area contributed by atoms with E-state index in [-0.39, 0.29) is 5.60 Å². The molecular weight excluding hydrogens is 180 g/mol. The second-order valence-electron chi connectivity index (χ2n) is 3.87. The molecule has 1 N–H and O–H groups in total. The van der Waals surface area contributed by atoms with Gasteiger partial charge in [-0.3, -0.25) is 0 Å². The minimum absolute atomic E-state index is 0.0611. The fourth-order valence-corrected chi connectivity index (χ4v) is 1.04. The van der Waals surface area contributed by atoms with Gasteiger partial charge in [-0.15, -0.1) is 0 Å². The van der Waals surface area contributed by atoms with Crippen LogP contribution in [0.4, 0.5) is 0 Å². The summed E-state index contributed by atoms with van der Waals surface area (Å²) >= 11 is 0. The van der Waals surface area contributed by atoms with Gasteiger partial charge in [0.25, 0.3) is 0 Å². The molecule has 0 atom stereocenters. The third-order valence-electron chi connectivity index (χ3n) is 2.25. The molecule has 4 heteroatoms. The fraction of sp³-hybridized carbons (Fsp3) is 0.700. The average molecular weight is 198 g/mol. The zero-order valence-corrected chi connectivity index (χ0v) is 9.04. The SMILES string of the molecule is COC(C)(C)CCNCc1ccno1. The zero-order chi connectivity index (χ0) is 10.4. The molecule has 0 bridgehead atoms. The van der Waals surface area contributed by atoms with E-state index in [9.17, 15) is 0 Å². The number of hydrogen-bond acceptors (Lipinski definition) is 4. The zero-order valence-electron chi connectivity index (χ0n) is 9.04. The summed E-state index contributed by atoms with van der Waals surface area (Å²) in [5.41, 5.74) is -0.0611. The first-order valence-electron chi connectivity index (χ1n) is 4.79. The van der Waals surface area contributed by atoms with Gasteiger partial charge in [-0.1, -0.05) is 5.16 Å². The molecule has 1 rings (SSSR count). The number of nitrogens with one attached hydrogen (secondary N) is 1. The van der Waals surface area contributed by atoms with Crippen LogP contribution in [-0.4, -0.2) is 24.4 Å². The van der Waals surface area contributed by atoms with Gasteiger partial charge >= 0.3 is 0 Å². The number of methoxy groups -OCH3 is 1. The minimum atomic E-state index is -0.0611. The molecule has 1 aromatic heterocycles. The highest BCUT2D eigenvalue weighted by Gasteiger charge is 2.14. The van der Waals surface area contributed by atoms with Crippen LogP contribution in [0.5, 0.6) is 0 Å². The summed E-state index contributed by atoms with van der Waals surface area (Å²) in [6.07, 6.45) is 2.62. The van der Waals surface area contributed by atoms with Crippen molar-refractivity contribution < 1.29 is 9.26 Å². The van der Waals surface area contributed by atoms with Crippen molar-refractivity contribution in [2.45, 2.75) is 32.4 Å². The first-order valence-corrected chi connectivity index (χ1v) is 4.79. The topological polar surface area (TPSA) is 47.3 Å². The summed E-state index contributed by atoms with van der Waals surface area (Å²) in [5, 5.41) is 6.89. The lowest BCUT2D eigenvalue weighted by Gasteiger charge is -2.22. The van der Waals surface area contributed by atoms with Crippen molar-refractivity contribution in [2.75, 3.05) is 13.7 Å². The molecule has 4 nitrogen and oxygen atoms in total. The van der Waals surface area contributed by atoms with E-state index in [4.69, 9.17) is 9.26 Å². The summed E-state index contributed by atoms with van der Waals surface area (Å²) in [5.74, 6) is 0.861. The second-order valence-corrected chi connectivity index (χ2v) is 3.87. The molecule has 0 aliphatic rings. The van der Waals surface area contributed by atoms with E-state index >= 15 is 0 Å². The Morgan fingerprint density at radius 2 is 2.36 bits per heavy atom. The average Bonchev–Trinajstić information content (AvgIpc) is 2.65. The van der Waals surface area contributed by atoms with Gasteiger partial charge in [0, 0.05) is 13.2 Å². The van der Waals surface area contributed by atoms with Crippen LogP contribution in [0.3, 0.4) is 0 Å². The molecule has 0 saturated carbocycles. The lowest BCUT2D eigenvalue weighted by molar-refractivity contribution is 0.0157. The molecule has 0 aromatic carbocycles. The summed E-state index contributed by atoms with van der Waals surface area (Å²) in [4.78, 5) is 0. The Balaban J connectivity index is 2.11. The lowest BCUT2D eigenvalue weighted by Crippen LogP contribution is -2.28. The monoisotopic (exact) mass is 198 g/mol. The first-order chi connectivity index (χ1) is 6.64. The predicted octanol–water partition coefficient (Wildman–Crippen LogP) is 1.58. The van der Waals surface area contributed by atoms with Crippen LogP contribution < -0.4 is 5.32 Å². The largest absolute Gasteiger partial charge is 0.379 e. The Bertz CT molecular complexity index is 245. The molecule has 0 unspecified atom stereocenters. The van der Waals surface area contributed by atoms with Crippen molar-refractivity contribution in [3.05, 3.63) is 18.0 Å². The number of nitrogens with zero attached hydrogens (tertiary/aromatic N) is 1. The minimum Gasteiger partial charge on any atom is -0.379 e. The highest BCUT2D eigenvalue weighted by atomic mass is 16.5. The van der Waals surface area contributed by atoms with Crippen molar-refractivity contribution in [2.24, 2.45) is 0 Å². The van der Waals surface area contributed by atoms with E-state index in [2.05, 4.69) is 24.3 Å². The van der Waals surface area contributed by atoms with Crippen molar-refractivity contribution >= 4 is 0 Å². The van der Waals surface area contributed by atoms with Gasteiger partial charge in [0.15, 0.2) is 0 Å². The van der Waals surface area contributed by atoms with E-state index < -0.39 is 0 Å². The van der Waals surface area contributed by atoms with Crippen molar-refractivity contribution in [1.29, 1.82) is 0 Å². The number of aromatic nitrogens is 1. The van der Waals surface area contributed by atoms with Gasteiger partial charge in [0.2, 0.25) is 0 Å². The standard InChI is InChI=1S/C10H18N2O2/c1-10(2,13-3)5-7-11-8-9-4-6-12-14-9/h4,6,11H,5,7-8H2,1-3H3. The molecule has 0 aliphatic carbocycles. The van der Waals surface area contributed by atoms with E-state index in [0.29, 0.717) is 0 Å². The summed E-state index contributed by atoms with van der Waals surface area (Å²) in [6, 6.07) is 1.86. The summed E-state index contributed by atoms with van der Waals surface area (Å²) < 4.78 is 10.2. The fourth-order valence-electron chi connectivity index (χ4n) is 1.04. The van der Waals surface area contributed by atoms with Crippen molar-refractivity contribution in [1.82, 2.24) is 10.5 Å². The van der Waals surface area contributed by atoms with Gasteiger partial charge in [0.1, 0.15) is 5.76 Å². The maximum Gasteiger partial charge on any atom is 0.150 e. The predicted molar refractivity (Wildman–Crippen MR) is 53.9 cm³/mol. The van der Waals surface area contributed by atoms with E-state index in [0.717, 1.165) is 25.3 Å². The van der Waals surface area contributed by atoms with Crippen LogP contribution in [0.25, 0.3) is 0 Å². The Morgan fingerprint density at radius 3 is 2.93 bits per heavy atom. The molecule has 0 radical (unpaired) electrons. The Hall–Kier alpha value is -0.870. The molecular formula is C10H18N2O2. The normalized spacial score (nSPS) is 11.9. The van der Waals surface area contributed by atoms with Gasteiger partial charge in [-0.2, -0.15) is 0 Å². The molecule has 0 saturated heterocycles. The molecule has 1 heterocycles. The molecule has 0 fully saturated rings. The van der Waals surface area contributed by atoms with Crippen LogP contribution in [0, 0.1) is 0 Å². The third kappa shape index (κ3) is 3.89. The Kier molecular flexibility index (Phi) is 4.10. The van der Waals surface area contributed by atoms with E-state index in [1.807, 2.05) is 6.07 Å². The Morgan fingerprint density at radius 1 is 1.57 bits per heavy atom. The van der Waals surface area contributed by atoms with Crippen LogP contribution >= 0.6 is 0 Å². The number of hydrogen-bond donors (Lipinski definition) is 1. The summed E-state index contributed by atoms with van der Waals surface area (Å²) in [7, 11) is 1.73. The first kappa shape index (κ1) is 11.2. The van der Waals surface area contributed by atoms with Gasteiger partial charge < -0.3 is 14.6 Å². The van der Waals surface area contributed by atoms with E-state index in [1.54, 1.807) is 13.3 Å². The smallest absolute Gasteiger partial charge is 0.150 e. The highest BCUT2D eigenvalue weighted by molar-refractivity contribution is 4.91. The van der Waals surface area contributed by atoms with Crippen LogP contribution in [0.1, 0.15) is 26.0 Å². The molecule has 0 amide bonds. The van der Waals surface area contributed by atoms with E-state index in [1.165, 1.54) is 0 Å². The maximum atomic E-state index is 5.30. The van der Waals surface area contributed by atoms with Gasteiger partial charge in [-0.05, 0) is 26.8 Å². The lowest BCUT2D eigenvalue weighted by atomic mass is 10.1. The van der Waals surface area contributed by atoms with Crippen molar-refractivity contribution in [3.63, 3.8) is 0 Å². The van der Waals surface area contributed by atoms with Gasteiger partial charge in [-0.25, -0.2) is 0 Å². The molecule has 1 aromatic rings. The van der Waals surface area contributed by atoms with Crippen LogP contribution in [0.2, 0.25) is 0 Å². The van der Waals surface area contributed by atoms with Gasteiger partial charge in [0.05, 0.1) is 18.3 Å². The quantitative estimate of drug-likeness (QED) is 0.705. The molecule has 80 valence electrons. The second kappa shape index (κ2) is 5.12. The third-order valence-corrected chi connectivity index (χ3v) is 2.25. The maximum absolute atomic E-state index is 5.30. The highest BCUT2D eigenvalue weighted by Crippen LogP contribution is 2.11. The number of rotatable bonds is 6. The molecule has 14 heavy (non-hydrogen) atoms. The summed E-state index contributed by atoms with van der Waals surface area (Å²) in [6.45, 7) is 5.77. The van der Waals surface area contributed by atoms with Crippen LogP contribution in [-0.2, 0) is 11.3 Å². The van der Waals surface area contributed by atoms with Crippen LogP contribution in [0.15, 0.2) is 16.8 Å². The molecule has 0 aliphatic heterocycles. The van der Waals surface area contributed by atoms with Crippen molar-refractivity contribution in [3.8, 4) is 0 Å². The molecule has 0 spiro atoms. The number of ether oxygens (including phenoxy) is 1.